The summed E-state index contributed by atoms with van der Waals surface area (Å²) in [5.74, 6) is 0.803. The quantitative estimate of drug-likeness (QED) is 0.811. The van der Waals surface area contributed by atoms with Crippen molar-refractivity contribution >= 4 is 15.7 Å². The standard InChI is InChI=1S/C13H22N2O3S/c1-5-15(9-10(2)3)19(16,17)13-7-6-11(18-4)8-12(13)14/h6-8,10H,5,9,14H2,1-4H3. The normalized spacial score (nSPS) is 12.1. The number of nitrogens with two attached hydrogens (primary N) is 1. The molecule has 19 heavy (non-hydrogen) atoms. The lowest BCUT2D eigenvalue weighted by Gasteiger charge is -2.23. The molecule has 0 saturated heterocycles. The van der Waals surface area contributed by atoms with Crippen molar-refractivity contribution in [3.8, 4) is 5.75 Å². The van der Waals surface area contributed by atoms with Crippen LogP contribution in [-0.4, -0.2) is 32.9 Å². The molecule has 0 amide bonds. The first-order valence-corrected chi connectivity index (χ1v) is 7.70. The molecule has 0 spiro atoms. The molecule has 108 valence electrons. The fourth-order valence-electron chi connectivity index (χ4n) is 1.83. The van der Waals surface area contributed by atoms with E-state index in [2.05, 4.69) is 0 Å². The van der Waals surface area contributed by atoms with Crippen LogP contribution in [0.25, 0.3) is 0 Å². The molecule has 0 unspecified atom stereocenters. The number of nitrogens with zero attached hydrogens (tertiary/aromatic N) is 1. The first kappa shape index (κ1) is 15.8. The Bertz CT molecular complexity index is 527. The maximum atomic E-state index is 12.5. The molecule has 5 nitrogen and oxygen atoms in total. The minimum atomic E-state index is -3.55. The van der Waals surface area contributed by atoms with Gasteiger partial charge in [0.2, 0.25) is 10.0 Å². The van der Waals surface area contributed by atoms with Crippen molar-refractivity contribution < 1.29 is 13.2 Å². The summed E-state index contributed by atoms with van der Waals surface area (Å²) in [6.45, 7) is 6.68. The van der Waals surface area contributed by atoms with Gasteiger partial charge in [-0.3, -0.25) is 0 Å². The van der Waals surface area contributed by atoms with E-state index >= 15 is 0 Å². The first-order chi connectivity index (χ1) is 8.82. The molecule has 6 heteroatoms. The molecule has 1 aromatic rings. The largest absolute Gasteiger partial charge is 0.497 e. The van der Waals surface area contributed by atoms with E-state index in [0.29, 0.717) is 18.8 Å². The van der Waals surface area contributed by atoms with Crippen LogP contribution in [0, 0.1) is 5.92 Å². The van der Waals surface area contributed by atoms with Gasteiger partial charge in [0.25, 0.3) is 0 Å². The molecular weight excluding hydrogens is 264 g/mol. The lowest BCUT2D eigenvalue weighted by atomic mass is 10.2. The lowest BCUT2D eigenvalue weighted by Crippen LogP contribution is -2.34. The SMILES string of the molecule is CCN(CC(C)C)S(=O)(=O)c1ccc(OC)cc1N. The molecule has 0 aliphatic heterocycles. The average Bonchev–Trinajstić information content (AvgIpc) is 2.34. The molecule has 0 heterocycles. The molecule has 2 N–H and O–H groups in total. The van der Waals surface area contributed by atoms with Gasteiger partial charge in [0.15, 0.2) is 0 Å². The van der Waals surface area contributed by atoms with Gasteiger partial charge < -0.3 is 10.5 Å². The smallest absolute Gasteiger partial charge is 0.245 e. The van der Waals surface area contributed by atoms with Crippen molar-refractivity contribution in [1.82, 2.24) is 4.31 Å². The van der Waals surface area contributed by atoms with Crippen LogP contribution >= 0.6 is 0 Å². The summed E-state index contributed by atoms with van der Waals surface area (Å²) in [6.07, 6.45) is 0. The molecule has 0 fully saturated rings. The highest BCUT2D eigenvalue weighted by Crippen LogP contribution is 2.26. The second kappa shape index (κ2) is 6.25. The fraction of sp³-hybridized carbons (Fsp3) is 0.538. The summed E-state index contributed by atoms with van der Waals surface area (Å²) in [5.41, 5.74) is 6.03. The van der Waals surface area contributed by atoms with Gasteiger partial charge in [-0.25, -0.2) is 8.42 Å². The predicted molar refractivity (Wildman–Crippen MR) is 76.7 cm³/mol. The third-order valence-electron chi connectivity index (χ3n) is 2.76. The summed E-state index contributed by atoms with van der Waals surface area (Å²) in [5, 5.41) is 0. The van der Waals surface area contributed by atoms with Gasteiger partial charge in [-0.05, 0) is 18.1 Å². The first-order valence-electron chi connectivity index (χ1n) is 6.26. The van der Waals surface area contributed by atoms with Crippen molar-refractivity contribution in [1.29, 1.82) is 0 Å². The Hall–Kier alpha value is -1.27. The highest BCUT2D eigenvalue weighted by atomic mass is 32.2. The Morgan fingerprint density at radius 2 is 2.00 bits per heavy atom. The van der Waals surface area contributed by atoms with Crippen LogP contribution in [0.1, 0.15) is 20.8 Å². The van der Waals surface area contributed by atoms with Gasteiger partial charge in [-0.1, -0.05) is 20.8 Å². The molecule has 0 saturated carbocycles. The van der Waals surface area contributed by atoms with Crippen molar-refractivity contribution in [3.05, 3.63) is 18.2 Å². The van der Waals surface area contributed by atoms with Gasteiger partial charge in [-0.15, -0.1) is 0 Å². The summed E-state index contributed by atoms with van der Waals surface area (Å²) < 4.78 is 31.5. The van der Waals surface area contributed by atoms with Crippen LogP contribution in [-0.2, 0) is 10.0 Å². The second-order valence-corrected chi connectivity index (χ2v) is 6.66. The third kappa shape index (κ3) is 3.61. The predicted octanol–water partition coefficient (Wildman–Crippen LogP) is 1.94. The van der Waals surface area contributed by atoms with E-state index in [1.165, 1.54) is 23.5 Å². The Morgan fingerprint density at radius 3 is 2.42 bits per heavy atom. The van der Waals surface area contributed by atoms with Gasteiger partial charge in [0, 0.05) is 19.2 Å². The Balaban J connectivity index is 3.18. The van der Waals surface area contributed by atoms with E-state index in [0.717, 1.165) is 0 Å². The Labute approximate surface area is 115 Å². The van der Waals surface area contributed by atoms with Crippen molar-refractivity contribution in [2.75, 3.05) is 25.9 Å². The van der Waals surface area contributed by atoms with E-state index in [4.69, 9.17) is 10.5 Å². The molecule has 0 aromatic heterocycles. The number of ether oxygens (including phenoxy) is 1. The van der Waals surface area contributed by atoms with Crippen LogP contribution in [0.2, 0.25) is 0 Å². The fourth-order valence-corrected chi connectivity index (χ4v) is 3.54. The lowest BCUT2D eigenvalue weighted by molar-refractivity contribution is 0.381. The number of nitrogen functional groups attached to an aromatic ring is 1. The number of hydrogen-bond donors (Lipinski definition) is 1. The summed E-state index contributed by atoms with van der Waals surface area (Å²) >= 11 is 0. The number of hydrogen-bond acceptors (Lipinski definition) is 4. The van der Waals surface area contributed by atoms with Gasteiger partial charge in [0.05, 0.1) is 12.8 Å². The van der Waals surface area contributed by atoms with Crippen molar-refractivity contribution in [2.45, 2.75) is 25.7 Å². The Kier molecular flexibility index (Phi) is 5.20. The molecule has 0 aliphatic rings. The molecule has 1 rings (SSSR count). The maximum absolute atomic E-state index is 12.5. The molecule has 0 radical (unpaired) electrons. The Morgan fingerprint density at radius 1 is 1.37 bits per heavy atom. The molecule has 0 bridgehead atoms. The van der Waals surface area contributed by atoms with Crippen LogP contribution in [0.15, 0.2) is 23.1 Å². The van der Waals surface area contributed by atoms with Crippen molar-refractivity contribution in [3.63, 3.8) is 0 Å². The van der Waals surface area contributed by atoms with Crippen molar-refractivity contribution in [2.24, 2.45) is 5.92 Å². The minimum absolute atomic E-state index is 0.135. The van der Waals surface area contributed by atoms with E-state index in [-0.39, 0.29) is 16.5 Å². The zero-order valence-corrected chi connectivity index (χ0v) is 12.7. The number of sulfonamides is 1. The molecule has 1 aromatic carbocycles. The van der Waals surface area contributed by atoms with E-state index < -0.39 is 10.0 Å². The van der Waals surface area contributed by atoms with Gasteiger partial charge >= 0.3 is 0 Å². The van der Waals surface area contributed by atoms with E-state index in [1.54, 1.807) is 6.07 Å². The summed E-state index contributed by atoms with van der Waals surface area (Å²) in [4.78, 5) is 0.135. The van der Waals surface area contributed by atoms with Crippen LogP contribution in [0.3, 0.4) is 0 Å². The highest BCUT2D eigenvalue weighted by Gasteiger charge is 2.25. The third-order valence-corrected chi connectivity index (χ3v) is 4.77. The average molecular weight is 286 g/mol. The number of anilines is 1. The maximum Gasteiger partial charge on any atom is 0.245 e. The number of rotatable bonds is 6. The van der Waals surface area contributed by atoms with Crippen LogP contribution < -0.4 is 10.5 Å². The zero-order valence-electron chi connectivity index (χ0n) is 11.9. The monoisotopic (exact) mass is 286 g/mol. The molecule has 0 atom stereocenters. The summed E-state index contributed by atoms with van der Waals surface area (Å²) in [6, 6.07) is 4.62. The summed E-state index contributed by atoms with van der Waals surface area (Å²) in [7, 11) is -2.04. The molecular formula is C13H22N2O3S. The highest BCUT2D eigenvalue weighted by molar-refractivity contribution is 7.89. The van der Waals surface area contributed by atoms with Gasteiger partial charge in [-0.2, -0.15) is 4.31 Å². The number of benzene rings is 1. The molecule has 0 aliphatic carbocycles. The topological polar surface area (TPSA) is 72.6 Å². The second-order valence-electron chi connectivity index (χ2n) is 4.75. The van der Waals surface area contributed by atoms with E-state index in [9.17, 15) is 8.42 Å². The van der Waals surface area contributed by atoms with Crippen LogP contribution in [0.5, 0.6) is 5.75 Å². The number of methoxy groups -OCH3 is 1. The van der Waals surface area contributed by atoms with Gasteiger partial charge in [0.1, 0.15) is 10.6 Å². The minimum Gasteiger partial charge on any atom is -0.497 e. The zero-order chi connectivity index (χ0) is 14.6. The van der Waals surface area contributed by atoms with E-state index in [1.807, 2.05) is 20.8 Å². The van der Waals surface area contributed by atoms with Crippen LogP contribution in [0.4, 0.5) is 5.69 Å².